The van der Waals surface area contributed by atoms with Gasteiger partial charge in [-0.2, -0.15) is 8.42 Å². The van der Waals surface area contributed by atoms with Crippen LogP contribution in [0.25, 0.3) is 0 Å². The molecule has 0 saturated heterocycles. The number of hydrogen-bond donors (Lipinski definition) is 2. The van der Waals surface area contributed by atoms with E-state index in [9.17, 15) is 16.8 Å². The van der Waals surface area contributed by atoms with Gasteiger partial charge in [-0.05, 0) is 12.9 Å². The lowest BCUT2D eigenvalue weighted by Gasteiger charge is -2.10. The Labute approximate surface area is 101 Å². The van der Waals surface area contributed by atoms with Gasteiger partial charge < -0.3 is 4.18 Å². The monoisotopic (exact) mass is 378 g/mol. The van der Waals surface area contributed by atoms with Gasteiger partial charge in [-0.25, -0.2) is 8.42 Å². The zero-order chi connectivity index (χ0) is 11.2. The highest BCUT2D eigenvalue weighted by Crippen LogP contribution is 2.06. The van der Waals surface area contributed by atoms with Crippen LogP contribution in [0.5, 0.6) is 0 Å². The standard InChI is InChI=1S/C3H7IO7S3/c4-14(7,8)10-2-3(1-9-12)11-13(5)6/h3,12-13H,1-2H2. The van der Waals surface area contributed by atoms with Crippen molar-refractivity contribution in [2.75, 3.05) is 13.2 Å². The quantitative estimate of drug-likeness (QED) is 0.266. The van der Waals surface area contributed by atoms with Crippen LogP contribution in [0, 0.1) is 0 Å². The second-order valence-corrected chi connectivity index (χ2v) is 7.10. The molecule has 7 nitrogen and oxygen atoms in total. The van der Waals surface area contributed by atoms with E-state index < -0.39 is 31.0 Å². The minimum absolute atomic E-state index is 0.210. The highest BCUT2D eigenvalue weighted by Gasteiger charge is 2.15. The van der Waals surface area contributed by atoms with Gasteiger partial charge >= 0.3 is 7.29 Å². The smallest absolute Gasteiger partial charge is 0.316 e. The van der Waals surface area contributed by atoms with Crippen LogP contribution in [0.4, 0.5) is 0 Å². The lowest BCUT2D eigenvalue weighted by Crippen LogP contribution is -2.24. The molecule has 14 heavy (non-hydrogen) atoms. The fourth-order valence-electron chi connectivity index (χ4n) is 0.471. The van der Waals surface area contributed by atoms with Crippen molar-refractivity contribution >= 4 is 52.4 Å². The van der Waals surface area contributed by atoms with E-state index in [4.69, 9.17) is 0 Å². The molecule has 1 unspecified atom stereocenters. The Hall–Kier alpha value is 0.860. The molecule has 86 valence electrons. The SMILES string of the molecule is O=[SH](=O)OC(COS)COS(=O)(=O)I. The molecule has 0 aromatic heterocycles. The van der Waals surface area contributed by atoms with Gasteiger partial charge in [0.2, 0.25) is 0 Å². The predicted molar refractivity (Wildman–Crippen MR) is 59.0 cm³/mol. The summed E-state index contributed by atoms with van der Waals surface area (Å²) in [7, 11) is -6.75. The van der Waals surface area contributed by atoms with Crippen molar-refractivity contribution in [1.82, 2.24) is 0 Å². The molecule has 0 aromatic rings. The molecule has 0 radical (unpaired) electrons. The van der Waals surface area contributed by atoms with Crippen LogP contribution < -0.4 is 0 Å². The number of halogens is 1. The highest BCUT2D eigenvalue weighted by molar-refractivity contribution is 14.2. The van der Waals surface area contributed by atoms with E-state index in [1.807, 2.05) is 0 Å². The molecule has 0 aliphatic rings. The zero-order valence-electron chi connectivity index (χ0n) is 6.53. The number of rotatable bonds is 7. The van der Waals surface area contributed by atoms with E-state index in [-0.39, 0.29) is 6.61 Å². The summed E-state index contributed by atoms with van der Waals surface area (Å²) in [6.07, 6.45) is -1.03. The summed E-state index contributed by atoms with van der Waals surface area (Å²) in [6.45, 7) is -0.659. The molecule has 0 aliphatic carbocycles. The van der Waals surface area contributed by atoms with E-state index in [2.05, 4.69) is 25.5 Å². The summed E-state index contributed by atoms with van der Waals surface area (Å²) < 4.78 is 54.2. The van der Waals surface area contributed by atoms with Crippen molar-refractivity contribution in [3.05, 3.63) is 0 Å². The minimum atomic E-state index is -3.66. The molecule has 11 heteroatoms. The normalized spacial score (nSPS) is 14.5. The Balaban J connectivity index is 4.09. The first-order valence-electron chi connectivity index (χ1n) is 3.01. The average molecular weight is 378 g/mol. The largest absolute Gasteiger partial charge is 0.321 e. The molecule has 0 bridgehead atoms. The van der Waals surface area contributed by atoms with Crippen LogP contribution >= 0.6 is 34.1 Å². The first-order chi connectivity index (χ1) is 6.35. The predicted octanol–water partition coefficient (Wildman–Crippen LogP) is -0.544. The molecule has 0 aliphatic heterocycles. The molecular formula is C3H7IO7S3. The van der Waals surface area contributed by atoms with E-state index in [1.165, 1.54) is 0 Å². The Kier molecular flexibility index (Phi) is 7.63. The molecule has 0 aromatic carbocycles. The third kappa shape index (κ3) is 9.42. The zero-order valence-corrected chi connectivity index (χ0v) is 11.3. The fourth-order valence-corrected chi connectivity index (χ4v) is 1.76. The first-order valence-corrected chi connectivity index (χ1v) is 8.43. The summed E-state index contributed by atoms with van der Waals surface area (Å²) >= 11 is 4.42. The lowest BCUT2D eigenvalue weighted by atomic mass is 10.4. The van der Waals surface area contributed by atoms with Gasteiger partial charge in [0.05, 0.1) is 13.2 Å². The van der Waals surface area contributed by atoms with Crippen LogP contribution in [0.15, 0.2) is 0 Å². The van der Waals surface area contributed by atoms with Crippen molar-refractivity contribution in [1.29, 1.82) is 0 Å². The first kappa shape index (κ1) is 14.9. The maximum Gasteiger partial charge on any atom is 0.321 e. The number of hydrogen-bond acceptors (Lipinski definition) is 8. The van der Waals surface area contributed by atoms with Gasteiger partial charge in [-0.3, -0.25) is 8.37 Å². The fraction of sp³-hybridized carbons (Fsp3) is 1.00. The molecule has 0 fully saturated rings. The van der Waals surface area contributed by atoms with Gasteiger partial charge in [-0.1, -0.05) is 0 Å². The molecule has 1 atom stereocenters. The Morgan fingerprint density at radius 2 is 1.93 bits per heavy atom. The Morgan fingerprint density at radius 1 is 1.36 bits per heavy atom. The molecule has 0 rings (SSSR count). The molecular weight excluding hydrogens is 371 g/mol. The third-order valence-corrected chi connectivity index (χ3v) is 2.69. The van der Waals surface area contributed by atoms with Gasteiger partial charge in [0, 0.05) is 0 Å². The Bertz CT molecular complexity index is 313. The Morgan fingerprint density at radius 3 is 2.29 bits per heavy atom. The summed E-state index contributed by atoms with van der Waals surface area (Å²) in [5.74, 6) is 0. The van der Waals surface area contributed by atoms with E-state index in [1.54, 1.807) is 0 Å². The van der Waals surface area contributed by atoms with Crippen molar-refractivity contribution in [3.8, 4) is 0 Å². The van der Waals surface area contributed by atoms with Gasteiger partial charge in [-0.15, -0.1) is 0 Å². The van der Waals surface area contributed by atoms with Crippen LogP contribution in [-0.4, -0.2) is 36.2 Å². The lowest BCUT2D eigenvalue weighted by molar-refractivity contribution is 0.104. The van der Waals surface area contributed by atoms with Gasteiger partial charge in [0.15, 0.2) is 0 Å². The molecule has 0 spiro atoms. The maximum atomic E-state index is 10.5. The topological polar surface area (TPSA) is 96.0 Å². The van der Waals surface area contributed by atoms with Crippen LogP contribution in [0.2, 0.25) is 0 Å². The van der Waals surface area contributed by atoms with Crippen molar-refractivity contribution < 1.29 is 29.4 Å². The average Bonchev–Trinajstić information content (AvgIpc) is 1.98. The van der Waals surface area contributed by atoms with Crippen LogP contribution in [-0.2, 0) is 30.8 Å². The summed E-state index contributed by atoms with van der Waals surface area (Å²) in [5.41, 5.74) is 0. The van der Waals surface area contributed by atoms with Crippen molar-refractivity contribution in [2.45, 2.75) is 6.10 Å². The highest BCUT2D eigenvalue weighted by atomic mass is 127. The van der Waals surface area contributed by atoms with E-state index >= 15 is 0 Å². The molecule has 0 N–H and O–H groups in total. The molecule has 0 saturated carbocycles. The van der Waals surface area contributed by atoms with E-state index in [0.717, 1.165) is 21.2 Å². The summed E-state index contributed by atoms with van der Waals surface area (Å²) in [4.78, 5) is 0. The van der Waals surface area contributed by atoms with Gasteiger partial charge in [0.25, 0.3) is 11.0 Å². The molecule has 0 amide bonds. The van der Waals surface area contributed by atoms with Crippen LogP contribution in [0.3, 0.4) is 0 Å². The molecule has 0 heterocycles. The summed E-state index contributed by atoms with van der Waals surface area (Å²) in [5, 5.41) is 0. The number of thiol groups is 2. The van der Waals surface area contributed by atoms with Crippen LogP contribution in [0.1, 0.15) is 0 Å². The minimum Gasteiger partial charge on any atom is -0.316 e. The third-order valence-electron chi connectivity index (χ3n) is 0.890. The maximum absolute atomic E-state index is 10.5. The van der Waals surface area contributed by atoms with Crippen molar-refractivity contribution in [3.63, 3.8) is 0 Å². The second kappa shape index (κ2) is 7.19. The second-order valence-electron chi connectivity index (χ2n) is 1.92. The summed E-state index contributed by atoms with van der Waals surface area (Å²) in [6, 6.07) is 0. The van der Waals surface area contributed by atoms with Crippen molar-refractivity contribution in [2.24, 2.45) is 0 Å². The van der Waals surface area contributed by atoms with E-state index in [0.29, 0.717) is 0 Å². The van der Waals surface area contributed by atoms with Gasteiger partial charge in [0.1, 0.15) is 27.3 Å².